The summed E-state index contributed by atoms with van der Waals surface area (Å²) in [5.41, 5.74) is 2.21. The summed E-state index contributed by atoms with van der Waals surface area (Å²) < 4.78 is 10.4. The minimum absolute atomic E-state index is 0.257. The van der Waals surface area contributed by atoms with E-state index in [1.54, 1.807) is 25.6 Å². The number of methoxy groups -OCH3 is 1. The topological polar surface area (TPSA) is 77.2 Å². The zero-order valence-electron chi connectivity index (χ0n) is 13.2. The number of amides is 1. The molecule has 3 rings (SSSR count). The molecule has 1 N–H and O–H groups in total. The van der Waals surface area contributed by atoms with E-state index in [4.69, 9.17) is 9.26 Å². The summed E-state index contributed by atoms with van der Waals surface area (Å²) in [5, 5.41) is 6.66. The van der Waals surface area contributed by atoms with Crippen LogP contribution in [0.25, 0.3) is 11.3 Å². The fourth-order valence-electron chi connectivity index (χ4n) is 2.23. The van der Waals surface area contributed by atoms with Crippen LogP contribution < -0.4 is 10.1 Å². The molecule has 0 aliphatic rings. The lowest BCUT2D eigenvalue weighted by molar-refractivity contribution is 0.0945. The van der Waals surface area contributed by atoms with Crippen molar-refractivity contribution in [1.82, 2.24) is 15.5 Å². The molecule has 122 valence electrons. The van der Waals surface area contributed by atoms with E-state index in [0.29, 0.717) is 12.3 Å². The van der Waals surface area contributed by atoms with Crippen molar-refractivity contribution in [2.45, 2.75) is 6.42 Å². The van der Waals surface area contributed by atoms with Gasteiger partial charge in [0, 0.05) is 30.6 Å². The standard InChI is InChI=1S/C18H17N3O3/c1-23-15-4-2-14(3-5-15)17-12-16(21-24-17)18(22)20-11-8-13-6-9-19-10-7-13/h2-7,9-10,12H,8,11H2,1H3,(H,20,22). The molecule has 0 saturated carbocycles. The van der Waals surface area contributed by atoms with Crippen LogP contribution in [0.15, 0.2) is 59.4 Å². The van der Waals surface area contributed by atoms with Crippen molar-refractivity contribution in [3.63, 3.8) is 0 Å². The Kier molecular flexibility index (Phi) is 4.86. The molecule has 2 aromatic heterocycles. The lowest BCUT2D eigenvalue weighted by Crippen LogP contribution is -2.25. The molecule has 0 unspecified atom stereocenters. The maximum Gasteiger partial charge on any atom is 0.273 e. The Morgan fingerprint density at radius 1 is 1.17 bits per heavy atom. The first-order valence-corrected chi connectivity index (χ1v) is 7.54. The van der Waals surface area contributed by atoms with Gasteiger partial charge in [-0.05, 0) is 48.4 Å². The average molecular weight is 323 g/mol. The SMILES string of the molecule is COc1ccc(-c2cc(C(=O)NCCc3ccncc3)no2)cc1. The molecular weight excluding hydrogens is 306 g/mol. The first-order chi connectivity index (χ1) is 11.8. The van der Waals surface area contributed by atoms with Crippen molar-refractivity contribution >= 4 is 5.91 Å². The highest BCUT2D eigenvalue weighted by Gasteiger charge is 2.13. The summed E-state index contributed by atoms with van der Waals surface area (Å²) in [6.45, 7) is 0.521. The summed E-state index contributed by atoms with van der Waals surface area (Å²) in [6, 6.07) is 12.8. The molecule has 0 atom stereocenters. The molecule has 0 spiro atoms. The third-order valence-corrected chi connectivity index (χ3v) is 3.57. The number of ether oxygens (including phenoxy) is 1. The highest BCUT2D eigenvalue weighted by Crippen LogP contribution is 2.23. The van der Waals surface area contributed by atoms with Gasteiger partial charge in [0.1, 0.15) is 5.75 Å². The lowest BCUT2D eigenvalue weighted by Gasteiger charge is -2.02. The molecule has 0 bridgehead atoms. The lowest BCUT2D eigenvalue weighted by atomic mass is 10.1. The van der Waals surface area contributed by atoms with E-state index in [1.807, 2.05) is 36.4 Å². The van der Waals surface area contributed by atoms with Gasteiger partial charge in [-0.2, -0.15) is 0 Å². The summed E-state index contributed by atoms with van der Waals surface area (Å²) in [4.78, 5) is 16.1. The van der Waals surface area contributed by atoms with Crippen molar-refractivity contribution in [3.05, 3.63) is 66.1 Å². The van der Waals surface area contributed by atoms with Gasteiger partial charge < -0.3 is 14.6 Å². The predicted molar refractivity (Wildman–Crippen MR) is 88.8 cm³/mol. The van der Waals surface area contributed by atoms with Gasteiger partial charge in [0.15, 0.2) is 11.5 Å². The molecule has 24 heavy (non-hydrogen) atoms. The molecular formula is C18H17N3O3. The summed E-state index contributed by atoms with van der Waals surface area (Å²) in [7, 11) is 1.61. The van der Waals surface area contributed by atoms with Crippen molar-refractivity contribution in [2.24, 2.45) is 0 Å². The van der Waals surface area contributed by atoms with Gasteiger partial charge in [0.2, 0.25) is 0 Å². The number of hydrogen-bond acceptors (Lipinski definition) is 5. The van der Waals surface area contributed by atoms with E-state index in [1.165, 1.54) is 0 Å². The highest BCUT2D eigenvalue weighted by atomic mass is 16.5. The van der Waals surface area contributed by atoms with E-state index in [0.717, 1.165) is 23.3 Å². The number of nitrogens with one attached hydrogen (secondary N) is 1. The number of nitrogens with zero attached hydrogens (tertiary/aromatic N) is 2. The van der Waals surface area contributed by atoms with Crippen LogP contribution >= 0.6 is 0 Å². The summed E-state index contributed by atoms with van der Waals surface area (Å²) in [6.07, 6.45) is 4.20. The minimum atomic E-state index is -0.257. The van der Waals surface area contributed by atoms with Crippen molar-refractivity contribution < 1.29 is 14.1 Å². The molecule has 3 aromatic rings. The average Bonchev–Trinajstić information content (AvgIpc) is 3.13. The minimum Gasteiger partial charge on any atom is -0.497 e. The van der Waals surface area contributed by atoms with Crippen molar-refractivity contribution in [3.8, 4) is 17.1 Å². The number of aromatic nitrogens is 2. The van der Waals surface area contributed by atoms with Crippen molar-refractivity contribution in [2.75, 3.05) is 13.7 Å². The fourth-order valence-corrected chi connectivity index (χ4v) is 2.23. The number of carbonyl (C=O) groups excluding carboxylic acids is 1. The van der Waals surface area contributed by atoms with E-state index >= 15 is 0 Å². The van der Waals surface area contributed by atoms with Crippen LogP contribution in [-0.4, -0.2) is 29.7 Å². The third kappa shape index (κ3) is 3.78. The summed E-state index contributed by atoms with van der Waals surface area (Å²) in [5.74, 6) is 1.04. The zero-order valence-corrected chi connectivity index (χ0v) is 13.2. The number of carbonyl (C=O) groups is 1. The smallest absolute Gasteiger partial charge is 0.273 e. The zero-order chi connectivity index (χ0) is 16.8. The maximum absolute atomic E-state index is 12.1. The van der Waals surface area contributed by atoms with E-state index in [2.05, 4.69) is 15.5 Å². The van der Waals surface area contributed by atoms with Crippen LogP contribution in [0.4, 0.5) is 0 Å². The number of hydrogen-bond donors (Lipinski definition) is 1. The van der Waals surface area contributed by atoms with Gasteiger partial charge in [-0.25, -0.2) is 0 Å². The molecule has 0 saturated heterocycles. The van der Waals surface area contributed by atoms with Gasteiger partial charge in [0.25, 0.3) is 5.91 Å². The molecule has 0 radical (unpaired) electrons. The first-order valence-electron chi connectivity index (χ1n) is 7.54. The second-order valence-corrected chi connectivity index (χ2v) is 5.17. The molecule has 1 amide bonds. The molecule has 0 aliphatic carbocycles. The Labute approximate surface area is 139 Å². The Balaban J connectivity index is 1.59. The van der Waals surface area contributed by atoms with Crippen LogP contribution in [0.5, 0.6) is 5.75 Å². The molecule has 0 fully saturated rings. The van der Waals surface area contributed by atoms with Crippen LogP contribution in [-0.2, 0) is 6.42 Å². The Hall–Kier alpha value is -3.15. The first kappa shape index (κ1) is 15.7. The molecule has 1 aromatic carbocycles. The number of pyridine rings is 1. The Morgan fingerprint density at radius 2 is 1.92 bits per heavy atom. The van der Waals surface area contributed by atoms with Gasteiger partial charge in [-0.1, -0.05) is 5.16 Å². The summed E-state index contributed by atoms with van der Waals surface area (Å²) >= 11 is 0. The van der Waals surface area contributed by atoms with Crippen LogP contribution in [0.1, 0.15) is 16.1 Å². The second kappa shape index (κ2) is 7.41. The Bertz CT molecular complexity index is 798. The molecule has 2 heterocycles. The van der Waals surface area contributed by atoms with Gasteiger partial charge in [0.05, 0.1) is 7.11 Å². The number of benzene rings is 1. The molecule has 6 heteroatoms. The quantitative estimate of drug-likeness (QED) is 0.755. The van der Waals surface area contributed by atoms with Crippen LogP contribution in [0.3, 0.4) is 0 Å². The largest absolute Gasteiger partial charge is 0.497 e. The van der Waals surface area contributed by atoms with Crippen LogP contribution in [0.2, 0.25) is 0 Å². The highest BCUT2D eigenvalue weighted by molar-refractivity contribution is 5.93. The van der Waals surface area contributed by atoms with Gasteiger partial charge in [-0.15, -0.1) is 0 Å². The van der Waals surface area contributed by atoms with E-state index in [-0.39, 0.29) is 11.6 Å². The third-order valence-electron chi connectivity index (χ3n) is 3.57. The normalized spacial score (nSPS) is 10.4. The van der Waals surface area contributed by atoms with Gasteiger partial charge >= 0.3 is 0 Å². The monoisotopic (exact) mass is 323 g/mol. The molecule has 6 nitrogen and oxygen atoms in total. The maximum atomic E-state index is 12.1. The Morgan fingerprint density at radius 3 is 2.62 bits per heavy atom. The van der Waals surface area contributed by atoms with E-state index in [9.17, 15) is 4.79 Å². The van der Waals surface area contributed by atoms with Crippen LogP contribution in [0, 0.1) is 0 Å². The fraction of sp³-hybridized carbons (Fsp3) is 0.167. The second-order valence-electron chi connectivity index (χ2n) is 5.17. The molecule has 0 aliphatic heterocycles. The van der Waals surface area contributed by atoms with E-state index < -0.39 is 0 Å². The van der Waals surface area contributed by atoms with Crippen molar-refractivity contribution in [1.29, 1.82) is 0 Å². The predicted octanol–water partition coefficient (Wildman–Crippen LogP) is 2.72. The number of rotatable bonds is 6. The van der Waals surface area contributed by atoms with Gasteiger partial charge in [-0.3, -0.25) is 9.78 Å².